The highest BCUT2D eigenvalue weighted by Gasteiger charge is 2.44. The van der Waals surface area contributed by atoms with Crippen molar-refractivity contribution in [2.24, 2.45) is 5.73 Å². The first-order valence-corrected chi connectivity index (χ1v) is 12.0. The number of carbonyl (C=O) groups is 2. The van der Waals surface area contributed by atoms with Crippen molar-refractivity contribution in [3.8, 4) is 5.75 Å². The predicted octanol–water partition coefficient (Wildman–Crippen LogP) is 0.0537. The first-order chi connectivity index (χ1) is 14.2. The highest BCUT2D eigenvalue weighted by Crippen LogP contribution is 2.22. The van der Waals surface area contributed by atoms with E-state index < -0.39 is 22.1 Å². The molecular weight excluding hydrogens is 408 g/mol. The van der Waals surface area contributed by atoms with Crippen molar-refractivity contribution in [2.75, 3.05) is 26.5 Å². The molecular formula is C20H30N4O5S. The quantitative estimate of drug-likeness (QED) is 0.647. The van der Waals surface area contributed by atoms with Crippen LogP contribution in [0.4, 0.5) is 0 Å². The van der Waals surface area contributed by atoms with Gasteiger partial charge >= 0.3 is 0 Å². The summed E-state index contributed by atoms with van der Waals surface area (Å²) >= 11 is 0. The number of nitrogens with two attached hydrogens (primary N) is 1. The number of sulfonamides is 1. The van der Waals surface area contributed by atoms with E-state index in [-0.39, 0.29) is 37.5 Å². The Balaban J connectivity index is 1.74. The average molecular weight is 439 g/mol. The van der Waals surface area contributed by atoms with Crippen LogP contribution in [-0.4, -0.2) is 74.1 Å². The van der Waals surface area contributed by atoms with E-state index in [2.05, 4.69) is 5.32 Å². The zero-order chi connectivity index (χ0) is 21.9. The number of nitrogens with zero attached hydrogens (tertiary/aromatic N) is 2. The molecule has 30 heavy (non-hydrogen) atoms. The molecule has 3 rings (SSSR count). The maximum atomic E-state index is 13.0. The van der Waals surface area contributed by atoms with Gasteiger partial charge in [-0.2, -0.15) is 4.31 Å². The van der Waals surface area contributed by atoms with Gasteiger partial charge in [-0.25, -0.2) is 8.42 Å². The molecule has 166 valence electrons. The van der Waals surface area contributed by atoms with E-state index >= 15 is 0 Å². The van der Waals surface area contributed by atoms with Gasteiger partial charge in [0.2, 0.25) is 15.9 Å². The third kappa shape index (κ3) is 5.30. The van der Waals surface area contributed by atoms with E-state index in [1.807, 2.05) is 0 Å². The van der Waals surface area contributed by atoms with Gasteiger partial charge in [-0.1, -0.05) is 12.1 Å². The van der Waals surface area contributed by atoms with Gasteiger partial charge in [-0.3, -0.25) is 9.59 Å². The van der Waals surface area contributed by atoms with Gasteiger partial charge in [0.05, 0.1) is 19.8 Å². The Morgan fingerprint density at radius 1 is 1.13 bits per heavy atom. The molecule has 1 unspecified atom stereocenters. The van der Waals surface area contributed by atoms with Gasteiger partial charge in [0.25, 0.3) is 5.91 Å². The van der Waals surface area contributed by atoms with Crippen LogP contribution >= 0.6 is 0 Å². The number of amides is 2. The second kappa shape index (κ2) is 9.32. The largest absolute Gasteiger partial charge is 0.497 e. The lowest BCUT2D eigenvalue weighted by Crippen LogP contribution is -2.56. The molecule has 1 saturated heterocycles. The molecule has 1 atom stereocenters. The molecule has 10 heteroatoms. The summed E-state index contributed by atoms with van der Waals surface area (Å²) in [6, 6.07) is 7.15. The molecule has 1 aliphatic heterocycles. The fourth-order valence-corrected chi connectivity index (χ4v) is 5.03. The number of hydrogen-bond acceptors (Lipinski definition) is 6. The fraction of sp³-hybridized carbons (Fsp3) is 0.600. The van der Waals surface area contributed by atoms with E-state index in [1.165, 1.54) is 4.90 Å². The van der Waals surface area contributed by atoms with Crippen LogP contribution < -0.4 is 15.8 Å². The van der Waals surface area contributed by atoms with Gasteiger partial charge in [-0.05, 0) is 43.4 Å². The highest BCUT2D eigenvalue weighted by atomic mass is 32.2. The third-order valence-electron chi connectivity index (χ3n) is 5.74. The Hall–Kier alpha value is -2.17. The Morgan fingerprint density at radius 3 is 2.33 bits per heavy atom. The molecule has 1 aromatic carbocycles. The van der Waals surface area contributed by atoms with E-state index in [0.717, 1.165) is 41.8 Å². The maximum absolute atomic E-state index is 13.0. The summed E-state index contributed by atoms with van der Waals surface area (Å²) in [6.45, 7) is 0.274. The summed E-state index contributed by atoms with van der Waals surface area (Å²) in [4.78, 5) is 27.4. The highest BCUT2D eigenvalue weighted by molar-refractivity contribution is 7.88. The van der Waals surface area contributed by atoms with E-state index in [9.17, 15) is 18.0 Å². The number of carbonyl (C=O) groups excluding carboxylic acids is 2. The normalized spacial score (nSPS) is 25.2. The molecule has 0 bridgehead atoms. The van der Waals surface area contributed by atoms with Crippen LogP contribution in [0.2, 0.25) is 0 Å². The van der Waals surface area contributed by atoms with Crippen molar-refractivity contribution in [1.82, 2.24) is 14.5 Å². The van der Waals surface area contributed by atoms with Crippen molar-refractivity contribution in [1.29, 1.82) is 0 Å². The standard InChI is InChI=1S/C20H30N4O5S/c1-29-17-9-3-14(4-10-17)13-18(25)23-11-12-24(30(2,27)28)20(23)19(26)22-16-7-5-15(21)6-8-16/h3-4,9-10,15-16,20H,5-8,11-13,21H2,1-2H3,(H,22,26). The summed E-state index contributed by atoms with van der Waals surface area (Å²) in [5.74, 6) is -0.0707. The summed E-state index contributed by atoms with van der Waals surface area (Å²) in [5.41, 5.74) is 6.68. The van der Waals surface area contributed by atoms with Crippen molar-refractivity contribution < 1.29 is 22.7 Å². The minimum absolute atomic E-state index is 0.0575. The van der Waals surface area contributed by atoms with Gasteiger partial charge in [0, 0.05) is 25.2 Å². The van der Waals surface area contributed by atoms with Crippen molar-refractivity contribution >= 4 is 21.8 Å². The van der Waals surface area contributed by atoms with Crippen LogP contribution in [0.1, 0.15) is 31.2 Å². The molecule has 1 saturated carbocycles. The minimum atomic E-state index is -3.65. The lowest BCUT2D eigenvalue weighted by Gasteiger charge is -2.32. The number of rotatable bonds is 6. The number of nitrogens with one attached hydrogen (secondary N) is 1. The van der Waals surface area contributed by atoms with E-state index in [0.29, 0.717) is 5.75 Å². The third-order valence-corrected chi connectivity index (χ3v) is 6.98. The lowest BCUT2D eigenvalue weighted by atomic mass is 9.92. The fourth-order valence-electron chi connectivity index (χ4n) is 4.05. The number of methoxy groups -OCH3 is 1. The summed E-state index contributed by atoms with van der Waals surface area (Å²) in [7, 11) is -2.09. The monoisotopic (exact) mass is 438 g/mol. The van der Waals surface area contributed by atoms with Crippen molar-refractivity contribution in [3.63, 3.8) is 0 Å². The molecule has 9 nitrogen and oxygen atoms in total. The van der Waals surface area contributed by atoms with Crippen LogP contribution in [0.25, 0.3) is 0 Å². The molecule has 2 aliphatic rings. The van der Waals surface area contributed by atoms with Crippen molar-refractivity contribution in [2.45, 2.75) is 50.4 Å². The molecule has 2 amide bonds. The second-order valence-corrected chi connectivity index (χ2v) is 9.91. The van der Waals surface area contributed by atoms with Crippen LogP contribution in [0.5, 0.6) is 5.75 Å². The van der Waals surface area contributed by atoms with Gasteiger partial charge in [0.15, 0.2) is 6.17 Å². The molecule has 1 aliphatic carbocycles. The van der Waals surface area contributed by atoms with Crippen LogP contribution in [0.3, 0.4) is 0 Å². The Bertz CT molecular complexity index is 866. The number of ether oxygens (including phenoxy) is 1. The molecule has 0 spiro atoms. The maximum Gasteiger partial charge on any atom is 0.259 e. The first kappa shape index (κ1) is 22.5. The van der Waals surface area contributed by atoms with Crippen molar-refractivity contribution in [3.05, 3.63) is 29.8 Å². The minimum Gasteiger partial charge on any atom is -0.497 e. The summed E-state index contributed by atoms with van der Waals surface area (Å²) in [5, 5.41) is 2.94. The van der Waals surface area contributed by atoms with E-state index in [4.69, 9.17) is 10.5 Å². The summed E-state index contributed by atoms with van der Waals surface area (Å²) in [6.07, 6.45) is 3.09. The van der Waals surface area contributed by atoms with Gasteiger partial charge in [-0.15, -0.1) is 0 Å². The number of hydrogen-bond donors (Lipinski definition) is 2. The Kier molecular flexibility index (Phi) is 6.99. The predicted molar refractivity (Wildman–Crippen MR) is 112 cm³/mol. The molecule has 1 heterocycles. The molecule has 2 fully saturated rings. The van der Waals surface area contributed by atoms with E-state index in [1.54, 1.807) is 31.4 Å². The van der Waals surface area contributed by atoms with Crippen LogP contribution in [0, 0.1) is 0 Å². The Labute approximate surface area is 177 Å². The average Bonchev–Trinajstić information content (AvgIpc) is 3.16. The SMILES string of the molecule is COc1ccc(CC(=O)N2CCN(S(C)(=O)=O)C2C(=O)NC2CCC(N)CC2)cc1. The number of benzene rings is 1. The molecule has 1 aromatic rings. The first-order valence-electron chi connectivity index (χ1n) is 10.1. The molecule has 0 aromatic heterocycles. The smallest absolute Gasteiger partial charge is 0.259 e. The second-order valence-electron chi connectivity index (χ2n) is 7.98. The van der Waals surface area contributed by atoms with Crippen LogP contribution in [-0.2, 0) is 26.0 Å². The van der Waals surface area contributed by atoms with Gasteiger partial charge < -0.3 is 20.7 Å². The van der Waals surface area contributed by atoms with Gasteiger partial charge in [0.1, 0.15) is 5.75 Å². The zero-order valence-corrected chi connectivity index (χ0v) is 18.2. The summed E-state index contributed by atoms with van der Waals surface area (Å²) < 4.78 is 30.7. The Morgan fingerprint density at radius 2 is 1.77 bits per heavy atom. The molecule has 0 radical (unpaired) electrons. The molecule has 3 N–H and O–H groups in total. The topological polar surface area (TPSA) is 122 Å². The lowest BCUT2D eigenvalue weighted by molar-refractivity contribution is -0.140. The zero-order valence-electron chi connectivity index (χ0n) is 17.4. The van der Waals surface area contributed by atoms with Crippen LogP contribution in [0.15, 0.2) is 24.3 Å².